The second-order valence-electron chi connectivity index (χ2n) is 8.38. The maximum absolute atomic E-state index is 14.6. The number of halogens is 2. The third-order valence-electron chi connectivity index (χ3n) is 5.81. The van der Waals surface area contributed by atoms with Crippen LogP contribution in [0.15, 0.2) is 60.3 Å². The third kappa shape index (κ3) is 6.22. The first kappa shape index (κ1) is 24.4. The largest absolute Gasteiger partial charge is 0.391 e. The Hall–Kier alpha value is -3.77. The zero-order chi connectivity index (χ0) is 24.8. The highest BCUT2D eigenvalue weighted by Crippen LogP contribution is 2.28. The topological polar surface area (TPSA) is 119 Å². The van der Waals surface area contributed by atoms with Crippen LogP contribution < -0.4 is 0 Å². The monoisotopic (exact) mass is 486 g/mol. The minimum absolute atomic E-state index is 0.0109. The number of rotatable bonds is 9. The first-order chi connectivity index (χ1) is 16.8. The lowest BCUT2D eigenvalue weighted by Gasteiger charge is -2.36. The summed E-state index contributed by atoms with van der Waals surface area (Å²) in [5, 5.41) is 30.4. The van der Waals surface area contributed by atoms with Crippen molar-refractivity contribution in [2.45, 2.75) is 31.6 Å². The van der Waals surface area contributed by atoms with Crippen LogP contribution in [0.4, 0.5) is 14.5 Å². The molecule has 1 unspecified atom stereocenters. The molecule has 1 saturated heterocycles. The van der Waals surface area contributed by atoms with Gasteiger partial charge in [0, 0.05) is 56.2 Å². The molecular formula is C23H24F2N6O4. The summed E-state index contributed by atoms with van der Waals surface area (Å²) in [6, 6.07) is 9.18. The zero-order valence-corrected chi connectivity index (χ0v) is 18.8. The van der Waals surface area contributed by atoms with Crippen molar-refractivity contribution < 1.29 is 23.6 Å². The van der Waals surface area contributed by atoms with Gasteiger partial charge in [0.15, 0.2) is 0 Å². The van der Waals surface area contributed by atoms with E-state index in [2.05, 4.69) is 15.2 Å². The standard InChI is InChI=1S/C23H24F2N6O4/c24-18-3-6-21(22(25)11-18)23(32,14-30-16-26-15-27-30)13-29-9-7-19(8-10-29)28-35-12-17-1-4-20(5-2-17)31(33)34/h1-6,11,15-16,32H,7-10,12-14H2. The fourth-order valence-corrected chi connectivity index (χ4v) is 4.01. The quantitative estimate of drug-likeness (QED) is 0.365. The Labute approximate surface area is 199 Å². The van der Waals surface area contributed by atoms with E-state index in [0.717, 1.165) is 23.4 Å². The van der Waals surface area contributed by atoms with Crippen LogP contribution in [0.1, 0.15) is 24.0 Å². The summed E-state index contributed by atoms with van der Waals surface area (Å²) in [6.45, 7) is 1.36. The molecule has 12 heteroatoms. The van der Waals surface area contributed by atoms with Gasteiger partial charge in [0.05, 0.1) is 17.2 Å². The predicted octanol–water partition coefficient (Wildman–Crippen LogP) is 3.02. The molecule has 0 spiro atoms. The SMILES string of the molecule is O=[N+]([O-])c1ccc(CON=C2CCN(CC(O)(Cn3cncn3)c3ccc(F)cc3F)CC2)cc1. The number of likely N-dealkylation sites (tertiary alicyclic amines) is 1. The molecule has 1 atom stereocenters. The van der Waals surface area contributed by atoms with Gasteiger partial charge < -0.3 is 9.94 Å². The van der Waals surface area contributed by atoms with Crippen LogP contribution in [0, 0.1) is 21.7 Å². The summed E-state index contributed by atoms with van der Waals surface area (Å²) >= 11 is 0. The number of nitro groups is 1. The highest BCUT2D eigenvalue weighted by Gasteiger charge is 2.36. The lowest BCUT2D eigenvalue weighted by Crippen LogP contribution is -2.47. The van der Waals surface area contributed by atoms with Crippen LogP contribution >= 0.6 is 0 Å². The minimum atomic E-state index is -1.66. The molecule has 0 bridgehead atoms. The normalized spacial score (nSPS) is 16.0. The molecule has 0 saturated carbocycles. The van der Waals surface area contributed by atoms with Gasteiger partial charge in [-0.05, 0) is 23.8 Å². The maximum Gasteiger partial charge on any atom is 0.269 e. The Bertz CT molecular complexity index is 1180. The smallest absolute Gasteiger partial charge is 0.269 e. The van der Waals surface area contributed by atoms with E-state index in [-0.39, 0.29) is 30.9 Å². The number of β-amino-alcohol motifs (C(OH)–C–C–N with tert-alkyl or cyclic N) is 1. The fourth-order valence-electron chi connectivity index (χ4n) is 4.01. The highest BCUT2D eigenvalue weighted by molar-refractivity contribution is 5.84. The summed E-state index contributed by atoms with van der Waals surface area (Å²) < 4.78 is 29.5. The number of aromatic nitrogens is 3. The second kappa shape index (κ2) is 10.7. The summed E-state index contributed by atoms with van der Waals surface area (Å²) in [6.07, 6.45) is 3.93. The van der Waals surface area contributed by atoms with Crippen LogP contribution in [0.25, 0.3) is 0 Å². The molecule has 35 heavy (non-hydrogen) atoms. The number of piperidine rings is 1. The molecule has 184 valence electrons. The van der Waals surface area contributed by atoms with Crippen molar-refractivity contribution in [3.63, 3.8) is 0 Å². The van der Waals surface area contributed by atoms with E-state index in [1.54, 1.807) is 12.1 Å². The minimum Gasteiger partial charge on any atom is -0.391 e. The van der Waals surface area contributed by atoms with Crippen molar-refractivity contribution in [1.29, 1.82) is 0 Å². The molecule has 1 fully saturated rings. The molecule has 2 aromatic carbocycles. The van der Waals surface area contributed by atoms with Gasteiger partial charge in [-0.3, -0.25) is 15.0 Å². The molecule has 0 radical (unpaired) electrons. The van der Waals surface area contributed by atoms with E-state index in [1.165, 1.54) is 35.5 Å². The number of non-ortho nitro benzene ring substituents is 1. The van der Waals surface area contributed by atoms with Crippen molar-refractivity contribution in [2.24, 2.45) is 5.16 Å². The van der Waals surface area contributed by atoms with Crippen molar-refractivity contribution >= 4 is 11.4 Å². The number of nitrogens with zero attached hydrogens (tertiary/aromatic N) is 6. The summed E-state index contributed by atoms with van der Waals surface area (Å²) in [4.78, 5) is 21.5. The number of nitro benzene ring substituents is 1. The molecule has 1 N–H and O–H groups in total. The number of oxime groups is 1. The predicted molar refractivity (Wildman–Crippen MR) is 121 cm³/mol. The maximum atomic E-state index is 14.6. The molecule has 2 heterocycles. The first-order valence-corrected chi connectivity index (χ1v) is 11.0. The summed E-state index contributed by atoms with van der Waals surface area (Å²) in [5.41, 5.74) is -0.0585. The van der Waals surface area contributed by atoms with E-state index < -0.39 is 22.2 Å². The lowest BCUT2D eigenvalue weighted by atomic mass is 9.91. The van der Waals surface area contributed by atoms with Gasteiger partial charge in [0.1, 0.15) is 36.5 Å². The van der Waals surface area contributed by atoms with Crippen molar-refractivity contribution in [2.75, 3.05) is 19.6 Å². The van der Waals surface area contributed by atoms with Gasteiger partial charge >= 0.3 is 0 Å². The molecule has 1 aliphatic rings. The highest BCUT2D eigenvalue weighted by atomic mass is 19.1. The molecule has 0 amide bonds. The Morgan fingerprint density at radius 3 is 2.51 bits per heavy atom. The van der Waals surface area contributed by atoms with Gasteiger partial charge in [0.2, 0.25) is 0 Å². The van der Waals surface area contributed by atoms with Gasteiger partial charge in [-0.2, -0.15) is 5.10 Å². The van der Waals surface area contributed by atoms with Crippen LogP contribution in [0.3, 0.4) is 0 Å². The van der Waals surface area contributed by atoms with E-state index in [9.17, 15) is 24.0 Å². The average Bonchev–Trinajstić information content (AvgIpc) is 3.33. The van der Waals surface area contributed by atoms with Gasteiger partial charge in [-0.25, -0.2) is 18.4 Å². The van der Waals surface area contributed by atoms with Crippen LogP contribution in [-0.2, 0) is 23.6 Å². The molecule has 1 aliphatic heterocycles. The Morgan fingerprint density at radius 2 is 1.89 bits per heavy atom. The molecule has 4 rings (SSSR count). The fraction of sp³-hybridized carbons (Fsp3) is 0.348. The molecule has 0 aliphatic carbocycles. The van der Waals surface area contributed by atoms with Crippen LogP contribution in [0.5, 0.6) is 0 Å². The second-order valence-corrected chi connectivity index (χ2v) is 8.38. The van der Waals surface area contributed by atoms with E-state index >= 15 is 0 Å². The number of benzene rings is 2. The van der Waals surface area contributed by atoms with Crippen molar-refractivity contribution in [3.05, 3.63) is 88.0 Å². The summed E-state index contributed by atoms with van der Waals surface area (Å²) in [5.74, 6) is -1.55. The third-order valence-corrected chi connectivity index (χ3v) is 5.81. The zero-order valence-electron chi connectivity index (χ0n) is 18.8. The van der Waals surface area contributed by atoms with Crippen molar-refractivity contribution in [3.8, 4) is 0 Å². The van der Waals surface area contributed by atoms with E-state index in [4.69, 9.17) is 4.84 Å². The van der Waals surface area contributed by atoms with Crippen LogP contribution in [-0.4, -0.2) is 55.0 Å². The van der Waals surface area contributed by atoms with Gasteiger partial charge in [-0.15, -0.1) is 0 Å². The van der Waals surface area contributed by atoms with E-state index in [0.29, 0.717) is 25.9 Å². The molecule has 10 nitrogen and oxygen atoms in total. The van der Waals surface area contributed by atoms with Crippen molar-refractivity contribution in [1.82, 2.24) is 19.7 Å². The Balaban J connectivity index is 1.36. The number of hydrogen-bond donors (Lipinski definition) is 1. The number of aliphatic hydroxyl groups is 1. The Morgan fingerprint density at radius 1 is 1.14 bits per heavy atom. The van der Waals surface area contributed by atoms with Crippen LogP contribution in [0.2, 0.25) is 0 Å². The lowest BCUT2D eigenvalue weighted by molar-refractivity contribution is -0.384. The summed E-state index contributed by atoms with van der Waals surface area (Å²) in [7, 11) is 0. The molecular weight excluding hydrogens is 462 g/mol. The van der Waals surface area contributed by atoms with Gasteiger partial charge in [0.25, 0.3) is 5.69 Å². The first-order valence-electron chi connectivity index (χ1n) is 11.0. The number of hydrogen-bond acceptors (Lipinski definition) is 8. The Kier molecular flexibility index (Phi) is 7.42. The van der Waals surface area contributed by atoms with E-state index in [1.807, 2.05) is 4.90 Å². The van der Waals surface area contributed by atoms with Gasteiger partial charge in [-0.1, -0.05) is 11.2 Å². The molecule has 1 aromatic heterocycles. The molecule has 3 aromatic rings. The average molecular weight is 486 g/mol.